The van der Waals surface area contributed by atoms with Gasteiger partial charge < -0.3 is 20.3 Å². The predicted octanol–water partition coefficient (Wildman–Crippen LogP) is 1.03. The molecule has 2 aliphatic rings. The van der Waals surface area contributed by atoms with Gasteiger partial charge in [0, 0.05) is 50.6 Å². The minimum Gasteiger partial charge on any atom is -0.492 e. The molecule has 0 spiro atoms. The maximum Gasteiger partial charge on any atom is 0.254 e. The number of nitrogens with zero attached hydrogens (tertiary/aromatic N) is 2. The van der Waals surface area contributed by atoms with Gasteiger partial charge in [-0.15, -0.1) is 0 Å². The number of fused-ring (bicyclic) bond motifs is 1. The van der Waals surface area contributed by atoms with Gasteiger partial charge in [-0.3, -0.25) is 9.59 Å². The SMILES string of the molecule is Cc1ccc(C(=O)N2CC[C@H]3[C@H](CC(=O)N3C)C2)cc1OCCN. The van der Waals surface area contributed by atoms with Gasteiger partial charge in [-0.1, -0.05) is 6.07 Å². The third-order valence-corrected chi connectivity index (χ3v) is 5.12. The molecule has 0 radical (unpaired) electrons. The van der Waals surface area contributed by atoms with Crippen molar-refractivity contribution in [1.82, 2.24) is 9.80 Å². The number of likely N-dealkylation sites (tertiary alicyclic amines) is 2. The first kappa shape index (κ1) is 16.8. The van der Waals surface area contributed by atoms with Gasteiger partial charge in [-0.05, 0) is 31.0 Å². The molecule has 2 amide bonds. The van der Waals surface area contributed by atoms with E-state index in [0.29, 0.717) is 44.0 Å². The normalized spacial score (nSPS) is 23.4. The van der Waals surface area contributed by atoms with Crippen molar-refractivity contribution in [3.8, 4) is 5.75 Å². The first-order chi connectivity index (χ1) is 11.5. The summed E-state index contributed by atoms with van der Waals surface area (Å²) in [5.41, 5.74) is 7.10. The van der Waals surface area contributed by atoms with Crippen LogP contribution in [0, 0.1) is 12.8 Å². The van der Waals surface area contributed by atoms with Crippen LogP contribution in [0.25, 0.3) is 0 Å². The third kappa shape index (κ3) is 3.11. The second-order valence-corrected chi connectivity index (χ2v) is 6.69. The van der Waals surface area contributed by atoms with Crippen LogP contribution >= 0.6 is 0 Å². The molecule has 2 N–H and O–H groups in total. The average molecular weight is 331 g/mol. The number of hydrogen-bond acceptors (Lipinski definition) is 4. The molecule has 6 nitrogen and oxygen atoms in total. The van der Waals surface area contributed by atoms with E-state index in [2.05, 4.69) is 0 Å². The Balaban J connectivity index is 1.72. The van der Waals surface area contributed by atoms with Crippen molar-refractivity contribution >= 4 is 11.8 Å². The summed E-state index contributed by atoms with van der Waals surface area (Å²) in [5.74, 6) is 1.15. The molecule has 2 saturated heterocycles. The molecule has 0 aromatic heterocycles. The molecule has 2 heterocycles. The van der Waals surface area contributed by atoms with Crippen LogP contribution in [0.3, 0.4) is 0 Å². The highest BCUT2D eigenvalue weighted by Gasteiger charge is 2.42. The molecule has 24 heavy (non-hydrogen) atoms. The molecule has 2 atom stereocenters. The van der Waals surface area contributed by atoms with Crippen LogP contribution in [0.4, 0.5) is 0 Å². The first-order valence-corrected chi connectivity index (χ1v) is 8.49. The second kappa shape index (κ2) is 6.81. The number of amides is 2. The molecule has 3 rings (SSSR count). The van der Waals surface area contributed by atoms with E-state index in [0.717, 1.165) is 12.0 Å². The van der Waals surface area contributed by atoms with Crippen molar-refractivity contribution in [2.75, 3.05) is 33.3 Å². The van der Waals surface area contributed by atoms with Crippen LogP contribution in [0.1, 0.15) is 28.8 Å². The van der Waals surface area contributed by atoms with E-state index in [-0.39, 0.29) is 23.8 Å². The smallest absolute Gasteiger partial charge is 0.254 e. The molecule has 0 aliphatic carbocycles. The predicted molar refractivity (Wildman–Crippen MR) is 90.9 cm³/mol. The highest BCUT2D eigenvalue weighted by Crippen LogP contribution is 2.32. The van der Waals surface area contributed by atoms with Crippen LogP contribution in [0.15, 0.2) is 18.2 Å². The Labute approximate surface area is 142 Å². The van der Waals surface area contributed by atoms with Gasteiger partial charge in [0.2, 0.25) is 5.91 Å². The molecule has 130 valence electrons. The van der Waals surface area contributed by atoms with E-state index in [1.807, 2.05) is 35.9 Å². The Bertz CT molecular complexity index is 646. The van der Waals surface area contributed by atoms with Crippen molar-refractivity contribution in [1.29, 1.82) is 0 Å². The Hall–Kier alpha value is -2.08. The van der Waals surface area contributed by atoms with Gasteiger partial charge >= 0.3 is 0 Å². The second-order valence-electron chi connectivity index (χ2n) is 6.69. The highest BCUT2D eigenvalue weighted by molar-refractivity contribution is 5.95. The Kier molecular flexibility index (Phi) is 4.76. The van der Waals surface area contributed by atoms with Gasteiger partial charge in [-0.25, -0.2) is 0 Å². The summed E-state index contributed by atoms with van der Waals surface area (Å²) in [6, 6.07) is 5.82. The molecule has 0 unspecified atom stereocenters. The Morgan fingerprint density at radius 3 is 2.96 bits per heavy atom. The van der Waals surface area contributed by atoms with E-state index < -0.39 is 0 Å². The lowest BCUT2D eigenvalue weighted by Gasteiger charge is -2.36. The van der Waals surface area contributed by atoms with Crippen molar-refractivity contribution < 1.29 is 14.3 Å². The van der Waals surface area contributed by atoms with E-state index in [4.69, 9.17) is 10.5 Å². The van der Waals surface area contributed by atoms with Crippen LogP contribution < -0.4 is 10.5 Å². The van der Waals surface area contributed by atoms with E-state index >= 15 is 0 Å². The number of ether oxygens (including phenoxy) is 1. The zero-order chi connectivity index (χ0) is 17.3. The summed E-state index contributed by atoms with van der Waals surface area (Å²) < 4.78 is 5.61. The zero-order valence-corrected chi connectivity index (χ0v) is 14.3. The molecule has 0 bridgehead atoms. The van der Waals surface area contributed by atoms with Crippen LogP contribution in [-0.2, 0) is 4.79 Å². The summed E-state index contributed by atoms with van der Waals surface area (Å²) in [6.07, 6.45) is 1.39. The van der Waals surface area contributed by atoms with Gasteiger partial charge in [0.05, 0.1) is 0 Å². The lowest BCUT2D eigenvalue weighted by atomic mass is 9.92. The van der Waals surface area contributed by atoms with E-state index in [9.17, 15) is 9.59 Å². The molecule has 1 aromatic carbocycles. The highest BCUT2D eigenvalue weighted by atomic mass is 16.5. The molecule has 0 saturated carbocycles. The summed E-state index contributed by atoms with van der Waals surface area (Å²) >= 11 is 0. The van der Waals surface area contributed by atoms with Gasteiger partial charge in [0.15, 0.2) is 0 Å². The molecular weight excluding hydrogens is 306 g/mol. The number of carbonyl (C=O) groups is 2. The number of benzene rings is 1. The summed E-state index contributed by atoms with van der Waals surface area (Å²) in [6.45, 7) is 4.15. The van der Waals surface area contributed by atoms with Gasteiger partial charge in [0.1, 0.15) is 12.4 Å². The van der Waals surface area contributed by atoms with Crippen molar-refractivity contribution in [2.24, 2.45) is 11.7 Å². The van der Waals surface area contributed by atoms with Crippen molar-refractivity contribution in [3.63, 3.8) is 0 Å². The fourth-order valence-electron chi connectivity index (χ4n) is 3.71. The van der Waals surface area contributed by atoms with E-state index in [1.165, 1.54) is 0 Å². The topological polar surface area (TPSA) is 75.9 Å². The lowest BCUT2D eigenvalue weighted by molar-refractivity contribution is -0.127. The summed E-state index contributed by atoms with van der Waals surface area (Å²) in [5, 5.41) is 0. The maximum atomic E-state index is 12.8. The van der Waals surface area contributed by atoms with Crippen LogP contribution in [-0.4, -0.2) is 60.9 Å². The average Bonchev–Trinajstić information content (AvgIpc) is 2.87. The van der Waals surface area contributed by atoms with Crippen molar-refractivity contribution in [2.45, 2.75) is 25.8 Å². The molecular formula is C18H25N3O3. The molecule has 6 heteroatoms. The number of hydrogen-bond donors (Lipinski definition) is 1. The number of nitrogens with two attached hydrogens (primary N) is 1. The summed E-state index contributed by atoms with van der Waals surface area (Å²) in [7, 11) is 1.87. The maximum absolute atomic E-state index is 12.8. The fraction of sp³-hybridized carbons (Fsp3) is 0.556. The Morgan fingerprint density at radius 2 is 2.21 bits per heavy atom. The number of piperidine rings is 1. The van der Waals surface area contributed by atoms with Crippen LogP contribution in [0.2, 0.25) is 0 Å². The number of aryl methyl sites for hydroxylation is 1. The molecule has 2 aliphatic heterocycles. The minimum absolute atomic E-state index is 0.00745. The first-order valence-electron chi connectivity index (χ1n) is 8.49. The molecule has 1 aromatic rings. The fourth-order valence-corrected chi connectivity index (χ4v) is 3.71. The monoisotopic (exact) mass is 331 g/mol. The zero-order valence-electron chi connectivity index (χ0n) is 14.3. The van der Waals surface area contributed by atoms with E-state index in [1.54, 1.807) is 6.07 Å². The lowest BCUT2D eigenvalue weighted by Crippen LogP contribution is -2.47. The Morgan fingerprint density at radius 1 is 1.42 bits per heavy atom. The van der Waals surface area contributed by atoms with Crippen LogP contribution in [0.5, 0.6) is 5.75 Å². The third-order valence-electron chi connectivity index (χ3n) is 5.12. The van der Waals surface area contributed by atoms with Gasteiger partial charge in [-0.2, -0.15) is 0 Å². The number of carbonyl (C=O) groups excluding carboxylic acids is 2. The van der Waals surface area contributed by atoms with Gasteiger partial charge in [0.25, 0.3) is 5.91 Å². The minimum atomic E-state index is 0.00745. The van der Waals surface area contributed by atoms with Crippen molar-refractivity contribution in [3.05, 3.63) is 29.3 Å². The summed E-state index contributed by atoms with van der Waals surface area (Å²) in [4.78, 5) is 28.4. The quantitative estimate of drug-likeness (QED) is 0.894. The number of rotatable bonds is 4. The standard InChI is InChI=1S/C18H25N3O3/c1-12-3-4-13(9-16(12)24-8-6-19)18(23)21-7-5-15-14(11-21)10-17(22)20(15)2/h3-4,9,14-15H,5-8,10-11,19H2,1-2H3/t14-,15+/m1/s1. The molecule has 2 fully saturated rings. The largest absolute Gasteiger partial charge is 0.492 e.